The van der Waals surface area contributed by atoms with Gasteiger partial charge in [0.15, 0.2) is 0 Å². The van der Waals surface area contributed by atoms with Gasteiger partial charge in [0.25, 0.3) is 0 Å². The van der Waals surface area contributed by atoms with Gasteiger partial charge >= 0.3 is 6.01 Å². The number of imidazole rings is 1. The number of aromatic amines is 1. The maximum Gasteiger partial charge on any atom is 0.320 e. The zero-order valence-electron chi connectivity index (χ0n) is 15.6. The first kappa shape index (κ1) is 18.6. The minimum atomic E-state index is 0.281. The number of anilines is 2. The standard InChI is InChI=1S/C21H14Cl2N6O/c1-11-5-7-13(10-24-11)25-21-29-28-20(30-21)12-6-8-16-17(9-12)27-19(26-16)18-14(22)3-2-4-15(18)23/h2-10H,1H3,(H,25,29)(H,26,27). The largest absolute Gasteiger partial charge is 0.403 e. The van der Waals surface area contributed by atoms with E-state index in [4.69, 9.17) is 27.6 Å². The van der Waals surface area contributed by atoms with Crippen LogP contribution in [0.25, 0.3) is 33.9 Å². The molecule has 9 heteroatoms. The van der Waals surface area contributed by atoms with E-state index in [1.165, 1.54) is 0 Å². The lowest BCUT2D eigenvalue weighted by Gasteiger charge is -2.02. The maximum absolute atomic E-state index is 6.31. The summed E-state index contributed by atoms with van der Waals surface area (Å²) in [6.45, 7) is 1.92. The highest BCUT2D eigenvalue weighted by Crippen LogP contribution is 2.34. The third kappa shape index (κ3) is 3.49. The smallest absolute Gasteiger partial charge is 0.320 e. The van der Waals surface area contributed by atoms with E-state index < -0.39 is 0 Å². The van der Waals surface area contributed by atoms with E-state index in [9.17, 15) is 0 Å². The molecule has 148 valence electrons. The molecule has 0 aliphatic rings. The normalized spacial score (nSPS) is 11.2. The van der Waals surface area contributed by atoms with Crippen LogP contribution in [0.1, 0.15) is 5.69 Å². The van der Waals surface area contributed by atoms with Gasteiger partial charge in [-0.25, -0.2) is 4.98 Å². The Hall–Kier alpha value is -3.42. The van der Waals surface area contributed by atoms with Crippen molar-refractivity contribution in [1.82, 2.24) is 25.1 Å². The highest BCUT2D eigenvalue weighted by molar-refractivity contribution is 6.39. The van der Waals surface area contributed by atoms with Crippen LogP contribution in [0.5, 0.6) is 0 Å². The topological polar surface area (TPSA) is 92.5 Å². The van der Waals surface area contributed by atoms with E-state index in [-0.39, 0.29) is 6.01 Å². The number of hydrogen-bond acceptors (Lipinski definition) is 6. The van der Waals surface area contributed by atoms with Crippen LogP contribution in [0.15, 0.2) is 59.1 Å². The second kappa shape index (κ2) is 7.44. The molecule has 0 bridgehead atoms. The van der Waals surface area contributed by atoms with Crippen LogP contribution >= 0.6 is 23.2 Å². The average molecular weight is 437 g/mol. The summed E-state index contributed by atoms with van der Waals surface area (Å²) in [5.41, 5.74) is 4.68. The minimum Gasteiger partial charge on any atom is -0.403 e. The number of nitrogens with zero attached hydrogens (tertiary/aromatic N) is 4. The predicted octanol–water partition coefficient (Wildman–Crippen LogP) is 6.03. The monoisotopic (exact) mass is 436 g/mol. The van der Waals surface area contributed by atoms with Gasteiger partial charge in [0, 0.05) is 11.3 Å². The molecule has 0 amide bonds. The Morgan fingerprint density at radius 2 is 1.83 bits per heavy atom. The van der Waals surface area contributed by atoms with Crippen LogP contribution in [0.4, 0.5) is 11.7 Å². The van der Waals surface area contributed by atoms with E-state index >= 15 is 0 Å². The van der Waals surface area contributed by atoms with Crippen molar-refractivity contribution >= 4 is 45.9 Å². The van der Waals surface area contributed by atoms with E-state index in [0.717, 1.165) is 28.0 Å². The number of H-pyrrole nitrogens is 1. The van der Waals surface area contributed by atoms with E-state index in [1.54, 1.807) is 24.4 Å². The van der Waals surface area contributed by atoms with Gasteiger partial charge in [0.05, 0.1) is 38.5 Å². The number of rotatable bonds is 4. The molecule has 0 fully saturated rings. The van der Waals surface area contributed by atoms with Crippen molar-refractivity contribution in [2.24, 2.45) is 0 Å². The third-order valence-electron chi connectivity index (χ3n) is 4.52. The lowest BCUT2D eigenvalue weighted by Crippen LogP contribution is -1.91. The van der Waals surface area contributed by atoms with Gasteiger partial charge in [-0.3, -0.25) is 4.98 Å². The summed E-state index contributed by atoms with van der Waals surface area (Å²) in [6, 6.07) is 15.0. The second-order valence-corrected chi connectivity index (χ2v) is 7.45. The number of aromatic nitrogens is 5. The van der Waals surface area contributed by atoms with Crippen molar-refractivity contribution in [3.63, 3.8) is 0 Å². The molecule has 2 aromatic carbocycles. The average Bonchev–Trinajstić information content (AvgIpc) is 3.36. The molecule has 0 saturated heterocycles. The van der Waals surface area contributed by atoms with Crippen LogP contribution in [0.2, 0.25) is 10.0 Å². The lowest BCUT2D eigenvalue weighted by molar-refractivity contribution is 0.587. The summed E-state index contributed by atoms with van der Waals surface area (Å²) in [6.07, 6.45) is 1.71. The molecule has 0 unspecified atom stereocenters. The Bertz CT molecular complexity index is 1340. The van der Waals surface area contributed by atoms with Crippen molar-refractivity contribution in [2.45, 2.75) is 6.92 Å². The number of fused-ring (bicyclic) bond motifs is 1. The highest BCUT2D eigenvalue weighted by atomic mass is 35.5. The molecule has 30 heavy (non-hydrogen) atoms. The highest BCUT2D eigenvalue weighted by Gasteiger charge is 2.15. The van der Waals surface area contributed by atoms with Gasteiger partial charge in [0.2, 0.25) is 5.89 Å². The molecule has 0 radical (unpaired) electrons. The van der Waals surface area contributed by atoms with Gasteiger partial charge in [-0.05, 0) is 49.4 Å². The molecule has 0 spiro atoms. The first-order chi connectivity index (χ1) is 14.6. The van der Waals surface area contributed by atoms with E-state index in [0.29, 0.717) is 27.3 Å². The molecular formula is C21H14Cl2N6O. The Balaban J connectivity index is 1.46. The molecule has 5 rings (SSSR count). The predicted molar refractivity (Wildman–Crippen MR) is 117 cm³/mol. The first-order valence-electron chi connectivity index (χ1n) is 9.04. The summed E-state index contributed by atoms with van der Waals surface area (Å²) < 4.78 is 5.74. The fourth-order valence-corrected chi connectivity index (χ4v) is 3.62. The fraction of sp³-hybridized carbons (Fsp3) is 0.0476. The summed E-state index contributed by atoms with van der Waals surface area (Å²) >= 11 is 12.6. The van der Waals surface area contributed by atoms with Gasteiger partial charge in [-0.15, -0.1) is 5.10 Å². The quantitative estimate of drug-likeness (QED) is 0.357. The number of nitrogens with one attached hydrogen (secondary N) is 2. The number of pyridine rings is 1. The number of halogens is 2. The molecule has 5 aromatic rings. The SMILES string of the molecule is Cc1ccc(Nc2nnc(-c3ccc4nc(-c5c(Cl)cccc5Cl)[nH]c4c3)o2)cn1. The Labute approximate surface area is 181 Å². The molecule has 0 aliphatic carbocycles. The molecule has 3 aromatic heterocycles. The van der Waals surface area contributed by atoms with Crippen molar-refractivity contribution in [3.05, 3.63) is 70.5 Å². The Morgan fingerprint density at radius 3 is 2.60 bits per heavy atom. The molecule has 3 heterocycles. The first-order valence-corrected chi connectivity index (χ1v) is 9.80. The number of benzene rings is 2. The van der Waals surface area contributed by atoms with Crippen LogP contribution in [-0.2, 0) is 0 Å². The van der Waals surface area contributed by atoms with Crippen LogP contribution in [0, 0.1) is 6.92 Å². The molecule has 0 saturated carbocycles. The molecular weight excluding hydrogens is 423 g/mol. The lowest BCUT2D eigenvalue weighted by atomic mass is 10.2. The van der Waals surface area contributed by atoms with Gasteiger partial charge in [-0.1, -0.05) is 34.4 Å². The Morgan fingerprint density at radius 1 is 1.00 bits per heavy atom. The van der Waals surface area contributed by atoms with Crippen LogP contribution < -0.4 is 5.32 Å². The fourth-order valence-electron chi connectivity index (χ4n) is 3.04. The molecule has 0 aliphatic heterocycles. The molecule has 7 nitrogen and oxygen atoms in total. The summed E-state index contributed by atoms with van der Waals surface area (Å²) in [5.74, 6) is 0.976. The summed E-state index contributed by atoms with van der Waals surface area (Å²) in [7, 11) is 0. The van der Waals surface area contributed by atoms with Crippen molar-refractivity contribution in [1.29, 1.82) is 0 Å². The summed E-state index contributed by atoms with van der Waals surface area (Å²) in [4.78, 5) is 12.1. The van der Waals surface area contributed by atoms with Crippen molar-refractivity contribution < 1.29 is 4.42 Å². The second-order valence-electron chi connectivity index (χ2n) is 6.64. The van der Waals surface area contributed by atoms with Gasteiger partial charge in [0.1, 0.15) is 5.82 Å². The van der Waals surface area contributed by atoms with E-state index in [1.807, 2.05) is 37.3 Å². The van der Waals surface area contributed by atoms with Crippen LogP contribution in [0.3, 0.4) is 0 Å². The summed E-state index contributed by atoms with van der Waals surface area (Å²) in [5, 5.41) is 12.3. The number of aryl methyl sites for hydroxylation is 1. The van der Waals surface area contributed by atoms with Crippen molar-refractivity contribution in [3.8, 4) is 22.8 Å². The third-order valence-corrected chi connectivity index (χ3v) is 5.15. The zero-order valence-corrected chi connectivity index (χ0v) is 17.2. The molecule has 0 atom stereocenters. The van der Waals surface area contributed by atoms with Gasteiger partial charge in [-0.2, -0.15) is 0 Å². The van der Waals surface area contributed by atoms with Crippen LogP contribution in [-0.4, -0.2) is 25.1 Å². The van der Waals surface area contributed by atoms with Gasteiger partial charge < -0.3 is 14.7 Å². The molecule has 2 N–H and O–H groups in total. The van der Waals surface area contributed by atoms with E-state index in [2.05, 4.69) is 30.5 Å². The Kier molecular flexibility index (Phi) is 4.61. The number of hydrogen-bond donors (Lipinski definition) is 2. The minimum absolute atomic E-state index is 0.281. The van der Waals surface area contributed by atoms with Crippen molar-refractivity contribution in [2.75, 3.05) is 5.32 Å². The zero-order chi connectivity index (χ0) is 20.7. The maximum atomic E-state index is 6.31.